The van der Waals surface area contributed by atoms with E-state index in [1.54, 1.807) is 10.7 Å². The highest BCUT2D eigenvalue weighted by Gasteiger charge is 2.36. The molecule has 0 amide bonds. The van der Waals surface area contributed by atoms with Crippen LogP contribution in [0.25, 0.3) is 5.65 Å². The summed E-state index contributed by atoms with van der Waals surface area (Å²) in [5.74, 6) is 0.500. The second kappa shape index (κ2) is 13.2. The minimum Gasteiger partial charge on any atom is -0.417 e. The van der Waals surface area contributed by atoms with E-state index >= 15 is 0 Å². The number of benzene rings is 1. The molecular formula is C30H50N6O3SSi. The number of aryl methyl sites for hydroxylation is 1. The average Bonchev–Trinajstić information content (AvgIpc) is 3.30. The average molecular weight is 603 g/mol. The number of nitrogens with one attached hydrogen (secondary N) is 1. The Morgan fingerprint density at radius 3 is 2.37 bits per heavy atom. The van der Waals surface area contributed by atoms with Crippen LogP contribution in [0.2, 0.25) is 18.1 Å². The molecule has 41 heavy (non-hydrogen) atoms. The number of anilines is 2. The molecule has 228 valence electrons. The van der Waals surface area contributed by atoms with Crippen molar-refractivity contribution in [1.82, 2.24) is 19.6 Å². The van der Waals surface area contributed by atoms with Crippen LogP contribution in [-0.2, 0) is 27.2 Å². The van der Waals surface area contributed by atoms with Crippen molar-refractivity contribution in [2.45, 2.75) is 102 Å². The third-order valence-electron chi connectivity index (χ3n) is 8.03. The van der Waals surface area contributed by atoms with E-state index in [0.717, 1.165) is 48.9 Å². The molecule has 9 nitrogen and oxygen atoms in total. The van der Waals surface area contributed by atoms with Gasteiger partial charge in [-0.2, -0.15) is 19.6 Å². The van der Waals surface area contributed by atoms with Crippen molar-refractivity contribution in [1.29, 1.82) is 0 Å². The summed E-state index contributed by atoms with van der Waals surface area (Å²) in [5, 5.41) is 7.83. The molecule has 3 rings (SSSR count). The third kappa shape index (κ3) is 8.51. The lowest BCUT2D eigenvalue weighted by Crippen LogP contribution is -2.40. The van der Waals surface area contributed by atoms with E-state index in [4.69, 9.17) is 4.43 Å². The zero-order valence-corrected chi connectivity index (χ0v) is 28.5. The summed E-state index contributed by atoms with van der Waals surface area (Å²) in [6.45, 7) is 16.9. The topological polar surface area (TPSA) is 102 Å². The molecule has 0 fully saturated rings. The minimum atomic E-state index is -3.59. The van der Waals surface area contributed by atoms with Gasteiger partial charge in [0.1, 0.15) is 0 Å². The normalized spacial score (nSPS) is 12.9. The van der Waals surface area contributed by atoms with Crippen LogP contribution in [0.1, 0.15) is 82.9 Å². The van der Waals surface area contributed by atoms with Crippen molar-refractivity contribution in [3.63, 3.8) is 0 Å². The van der Waals surface area contributed by atoms with Crippen LogP contribution in [0.15, 0.2) is 29.6 Å². The van der Waals surface area contributed by atoms with Crippen molar-refractivity contribution in [2.75, 3.05) is 37.2 Å². The van der Waals surface area contributed by atoms with Gasteiger partial charge in [-0.25, -0.2) is 8.42 Å². The van der Waals surface area contributed by atoms with Crippen LogP contribution in [0.5, 0.6) is 0 Å². The molecule has 11 heteroatoms. The number of sulfone groups is 1. The predicted octanol–water partition coefficient (Wildman–Crippen LogP) is 6.45. The molecule has 1 aromatic carbocycles. The number of fused-ring (bicyclic) bond motifs is 1. The Balaban J connectivity index is 1.64. The van der Waals surface area contributed by atoms with Gasteiger partial charge in [0.05, 0.1) is 6.20 Å². The fourth-order valence-electron chi connectivity index (χ4n) is 4.40. The zero-order chi connectivity index (χ0) is 30.6. The number of aromatic nitrogens is 4. The molecule has 0 unspecified atom stereocenters. The zero-order valence-electron chi connectivity index (χ0n) is 26.7. The van der Waals surface area contributed by atoms with Gasteiger partial charge in [-0.1, -0.05) is 59.6 Å². The van der Waals surface area contributed by atoms with Gasteiger partial charge in [0, 0.05) is 44.8 Å². The maximum absolute atomic E-state index is 12.3. The first kappa shape index (κ1) is 33.0. The second-order valence-electron chi connectivity index (χ2n) is 13.1. The maximum atomic E-state index is 12.3. The lowest BCUT2D eigenvalue weighted by atomic mass is 10.0. The number of unbranched alkanes of at least 4 members (excludes halogenated alkanes) is 3. The van der Waals surface area contributed by atoms with Crippen LogP contribution < -0.4 is 10.2 Å². The quantitative estimate of drug-likeness (QED) is 0.166. The second-order valence-corrected chi connectivity index (χ2v) is 19.8. The van der Waals surface area contributed by atoms with Gasteiger partial charge in [-0.05, 0) is 60.5 Å². The molecule has 3 aromatic rings. The summed E-state index contributed by atoms with van der Waals surface area (Å²) in [4.78, 5) is 10.8. The monoisotopic (exact) mass is 602 g/mol. The molecule has 0 radical (unpaired) electrons. The van der Waals surface area contributed by atoms with E-state index in [1.165, 1.54) is 18.4 Å². The third-order valence-corrected chi connectivity index (χ3v) is 13.4. The van der Waals surface area contributed by atoms with Crippen molar-refractivity contribution in [3.05, 3.63) is 41.1 Å². The van der Waals surface area contributed by atoms with E-state index in [2.05, 4.69) is 77.3 Å². The summed E-state index contributed by atoms with van der Waals surface area (Å²) >= 11 is 0. The molecule has 0 spiro atoms. The van der Waals surface area contributed by atoms with Crippen LogP contribution in [0.4, 0.5) is 11.6 Å². The van der Waals surface area contributed by atoms with E-state index < -0.39 is 18.2 Å². The van der Waals surface area contributed by atoms with Gasteiger partial charge < -0.3 is 14.6 Å². The molecule has 0 aliphatic heterocycles. The predicted molar refractivity (Wildman–Crippen MR) is 171 cm³/mol. The van der Waals surface area contributed by atoms with E-state index in [0.29, 0.717) is 18.1 Å². The molecule has 2 aromatic heterocycles. The van der Waals surface area contributed by atoms with Crippen LogP contribution in [0.3, 0.4) is 0 Å². The van der Waals surface area contributed by atoms with Gasteiger partial charge in [-0.3, -0.25) is 0 Å². The molecule has 0 bridgehead atoms. The minimum absolute atomic E-state index is 0.145. The van der Waals surface area contributed by atoms with Gasteiger partial charge in [-0.15, -0.1) is 0 Å². The number of nitrogens with zero attached hydrogens (tertiary/aromatic N) is 5. The Hall–Kier alpha value is -2.50. The molecule has 0 aliphatic rings. The first-order chi connectivity index (χ1) is 19.0. The largest absolute Gasteiger partial charge is 0.417 e. The SMILES string of the molecule is CC(C)c1cnn2c(NCc3ccc(CCCCCCO[Si](C)(C)C(C)(C)C)cc3N(C)C)nc(S(C)(=O)=O)nc12. The number of hydrogen-bond acceptors (Lipinski definition) is 8. The first-order valence-corrected chi connectivity index (χ1v) is 19.4. The molecule has 0 atom stereocenters. The van der Waals surface area contributed by atoms with E-state index in [-0.39, 0.29) is 16.1 Å². The standard InChI is InChI=1S/C30H50N6O3SSi/c1-22(2)25-21-32-36-27(25)33-29(40(8,37)38)34-28(36)31-20-24-17-16-23(19-26(24)35(6)7)15-13-11-12-14-18-39-41(9,10)30(3,4)5/h16-17,19,21-22H,11-15,18,20H2,1-10H3,(H,31,33,34). The molecule has 0 saturated carbocycles. The first-order valence-electron chi connectivity index (χ1n) is 14.6. The highest BCUT2D eigenvalue weighted by molar-refractivity contribution is 7.90. The van der Waals surface area contributed by atoms with Gasteiger partial charge in [0.2, 0.25) is 15.8 Å². The summed E-state index contributed by atoms with van der Waals surface area (Å²) in [6, 6.07) is 6.58. The Morgan fingerprint density at radius 1 is 1.07 bits per heavy atom. The van der Waals surface area contributed by atoms with Crippen molar-refractivity contribution < 1.29 is 12.8 Å². The lowest BCUT2D eigenvalue weighted by Gasteiger charge is -2.36. The fraction of sp³-hybridized carbons (Fsp3) is 0.633. The van der Waals surface area contributed by atoms with Crippen molar-refractivity contribution in [3.8, 4) is 0 Å². The molecular weight excluding hydrogens is 553 g/mol. The van der Waals surface area contributed by atoms with Gasteiger partial charge in [0.15, 0.2) is 14.0 Å². The summed E-state index contributed by atoms with van der Waals surface area (Å²) < 4.78 is 32.6. The van der Waals surface area contributed by atoms with Crippen molar-refractivity contribution >= 4 is 35.4 Å². The summed E-state index contributed by atoms with van der Waals surface area (Å²) in [7, 11) is -1.17. The highest BCUT2D eigenvalue weighted by atomic mass is 32.2. The fourth-order valence-corrected chi connectivity index (χ4v) is 5.99. The summed E-state index contributed by atoms with van der Waals surface area (Å²) in [6.07, 6.45) is 8.53. The van der Waals surface area contributed by atoms with Gasteiger partial charge >= 0.3 is 0 Å². The van der Waals surface area contributed by atoms with E-state index in [9.17, 15) is 8.42 Å². The smallest absolute Gasteiger partial charge is 0.252 e. The maximum Gasteiger partial charge on any atom is 0.252 e. The Bertz CT molecular complexity index is 1430. The molecule has 0 aliphatic carbocycles. The molecule has 2 heterocycles. The Labute approximate surface area is 248 Å². The van der Waals surface area contributed by atoms with Crippen LogP contribution in [-0.4, -0.2) is 63.3 Å². The highest BCUT2D eigenvalue weighted by Crippen LogP contribution is 2.36. The van der Waals surface area contributed by atoms with E-state index in [1.807, 2.05) is 27.9 Å². The number of rotatable bonds is 14. The summed E-state index contributed by atoms with van der Waals surface area (Å²) in [5.41, 5.74) is 4.90. The molecule has 0 saturated heterocycles. The van der Waals surface area contributed by atoms with Crippen molar-refractivity contribution in [2.24, 2.45) is 0 Å². The number of hydrogen-bond donors (Lipinski definition) is 1. The van der Waals surface area contributed by atoms with Crippen LogP contribution >= 0.6 is 0 Å². The Morgan fingerprint density at radius 2 is 1.76 bits per heavy atom. The van der Waals surface area contributed by atoms with Crippen LogP contribution in [0, 0.1) is 0 Å². The lowest BCUT2D eigenvalue weighted by molar-refractivity contribution is 0.277. The Kier molecular flexibility index (Phi) is 10.6. The van der Waals surface area contributed by atoms with Gasteiger partial charge in [0.25, 0.3) is 5.16 Å². The molecule has 1 N–H and O–H groups in total.